The molecule has 19 heavy (non-hydrogen) atoms. The molecule has 1 aliphatic heterocycles. The fourth-order valence-electron chi connectivity index (χ4n) is 2.40. The zero-order chi connectivity index (χ0) is 14.3. The summed E-state index contributed by atoms with van der Waals surface area (Å²) in [5, 5.41) is 9.97. The Hall–Kier alpha value is -1.30. The average molecular weight is 277 g/mol. The molecule has 1 aromatic rings. The predicted molar refractivity (Wildman–Crippen MR) is 63.5 cm³/mol. The summed E-state index contributed by atoms with van der Waals surface area (Å²) >= 11 is 0. The number of β-amino-alcohol motifs (C(OH)–C–C–N with tert-alkyl or cyclic N) is 1. The quantitative estimate of drug-likeness (QED) is 0.858. The minimum Gasteiger partial charge on any atom is -0.386 e. The van der Waals surface area contributed by atoms with E-state index in [4.69, 9.17) is 0 Å². The van der Waals surface area contributed by atoms with Crippen molar-refractivity contribution in [2.45, 2.75) is 31.5 Å². The van der Waals surface area contributed by atoms with Crippen LogP contribution in [0.3, 0.4) is 0 Å². The molecule has 0 aromatic heterocycles. The van der Waals surface area contributed by atoms with E-state index in [9.17, 15) is 22.7 Å². The van der Waals surface area contributed by atoms with Gasteiger partial charge in [0.1, 0.15) is 5.82 Å². The molecule has 106 valence electrons. The molecule has 1 N–H and O–H groups in total. The number of benzene rings is 1. The standard InChI is InChI=1S/C13H15F4NO/c1-2-5-12(19)7-18(8-12)11-4-3-9(6-10(11)14)13(15,16)17/h3-4,6,19H,2,5,7-8H2,1H3. The van der Waals surface area contributed by atoms with Gasteiger partial charge >= 0.3 is 6.18 Å². The van der Waals surface area contributed by atoms with Crippen molar-refractivity contribution in [1.82, 2.24) is 0 Å². The highest BCUT2D eigenvalue weighted by Crippen LogP contribution is 2.36. The maximum absolute atomic E-state index is 13.7. The third-order valence-electron chi connectivity index (χ3n) is 3.30. The Balaban J connectivity index is 2.12. The van der Waals surface area contributed by atoms with Crippen LogP contribution < -0.4 is 4.90 Å². The summed E-state index contributed by atoms with van der Waals surface area (Å²) in [7, 11) is 0. The number of alkyl halides is 3. The van der Waals surface area contributed by atoms with E-state index < -0.39 is 23.2 Å². The molecule has 0 saturated carbocycles. The summed E-state index contributed by atoms with van der Waals surface area (Å²) in [5.74, 6) is -0.909. The van der Waals surface area contributed by atoms with Gasteiger partial charge in [0.15, 0.2) is 0 Å². The SMILES string of the molecule is CCCC1(O)CN(c2ccc(C(F)(F)F)cc2F)C1. The number of nitrogens with zero attached hydrogens (tertiary/aromatic N) is 1. The normalized spacial score (nSPS) is 18.3. The molecule has 0 bridgehead atoms. The molecule has 1 aromatic carbocycles. The Kier molecular flexibility index (Phi) is 3.47. The summed E-state index contributed by atoms with van der Waals surface area (Å²) in [6.45, 7) is 2.44. The molecule has 6 heteroatoms. The van der Waals surface area contributed by atoms with Gasteiger partial charge in [0.2, 0.25) is 0 Å². The van der Waals surface area contributed by atoms with Gasteiger partial charge in [0.25, 0.3) is 0 Å². The second-order valence-electron chi connectivity index (χ2n) is 4.99. The molecule has 1 saturated heterocycles. The number of aliphatic hydroxyl groups is 1. The first-order valence-electron chi connectivity index (χ1n) is 6.09. The van der Waals surface area contributed by atoms with Crippen LogP contribution in [0, 0.1) is 5.82 Å². The number of hydrogen-bond acceptors (Lipinski definition) is 2. The van der Waals surface area contributed by atoms with Gasteiger partial charge in [-0.1, -0.05) is 13.3 Å². The van der Waals surface area contributed by atoms with E-state index in [0.29, 0.717) is 12.5 Å². The Labute approximate surface area is 108 Å². The third kappa shape index (κ3) is 2.83. The van der Waals surface area contributed by atoms with E-state index in [1.165, 1.54) is 0 Å². The van der Waals surface area contributed by atoms with Crippen molar-refractivity contribution >= 4 is 5.69 Å². The first-order valence-corrected chi connectivity index (χ1v) is 6.09. The minimum absolute atomic E-state index is 0.105. The molecule has 0 radical (unpaired) electrons. The summed E-state index contributed by atoms with van der Waals surface area (Å²) in [6, 6.07) is 2.46. The van der Waals surface area contributed by atoms with Crippen molar-refractivity contribution in [2.75, 3.05) is 18.0 Å². The molecular weight excluding hydrogens is 262 g/mol. The van der Waals surface area contributed by atoms with Gasteiger partial charge in [0.05, 0.1) is 16.9 Å². The second kappa shape index (κ2) is 4.67. The van der Waals surface area contributed by atoms with E-state index in [0.717, 1.165) is 18.6 Å². The lowest BCUT2D eigenvalue weighted by atomic mass is 9.88. The molecule has 0 spiro atoms. The third-order valence-corrected chi connectivity index (χ3v) is 3.30. The highest BCUT2D eigenvalue weighted by molar-refractivity contribution is 5.53. The zero-order valence-electron chi connectivity index (χ0n) is 10.5. The summed E-state index contributed by atoms with van der Waals surface area (Å²) in [4.78, 5) is 1.55. The van der Waals surface area contributed by atoms with Gasteiger partial charge in [-0.3, -0.25) is 0 Å². The molecule has 0 amide bonds. The second-order valence-corrected chi connectivity index (χ2v) is 4.99. The van der Waals surface area contributed by atoms with Gasteiger partial charge in [-0.05, 0) is 24.6 Å². The van der Waals surface area contributed by atoms with Crippen molar-refractivity contribution < 1.29 is 22.7 Å². The van der Waals surface area contributed by atoms with E-state index in [1.807, 2.05) is 6.92 Å². The number of hydrogen-bond donors (Lipinski definition) is 1. The van der Waals surface area contributed by atoms with Crippen molar-refractivity contribution in [2.24, 2.45) is 0 Å². The van der Waals surface area contributed by atoms with Gasteiger partial charge in [-0.15, -0.1) is 0 Å². The minimum atomic E-state index is -4.54. The molecule has 2 rings (SSSR count). The Morgan fingerprint density at radius 2 is 1.95 bits per heavy atom. The number of halogens is 4. The largest absolute Gasteiger partial charge is 0.416 e. The zero-order valence-corrected chi connectivity index (χ0v) is 10.5. The van der Waals surface area contributed by atoms with Gasteiger partial charge in [-0.2, -0.15) is 13.2 Å². The Bertz CT molecular complexity index is 466. The maximum Gasteiger partial charge on any atom is 0.416 e. The first-order chi connectivity index (χ1) is 8.75. The monoisotopic (exact) mass is 277 g/mol. The molecule has 0 aliphatic carbocycles. The molecule has 1 aliphatic rings. The van der Waals surface area contributed by atoms with Crippen LogP contribution in [-0.4, -0.2) is 23.8 Å². The lowest BCUT2D eigenvalue weighted by molar-refractivity contribution is -0.137. The van der Waals surface area contributed by atoms with Crippen LogP contribution >= 0.6 is 0 Å². The highest BCUT2D eigenvalue weighted by Gasteiger charge is 2.41. The maximum atomic E-state index is 13.7. The van der Waals surface area contributed by atoms with Crippen LogP contribution in [0.25, 0.3) is 0 Å². The van der Waals surface area contributed by atoms with Crippen LogP contribution in [0.15, 0.2) is 18.2 Å². The van der Waals surface area contributed by atoms with Gasteiger partial charge < -0.3 is 10.0 Å². The van der Waals surface area contributed by atoms with Crippen LogP contribution in [0.1, 0.15) is 25.3 Å². The van der Waals surface area contributed by atoms with E-state index in [-0.39, 0.29) is 18.8 Å². The topological polar surface area (TPSA) is 23.5 Å². The number of rotatable bonds is 3. The highest BCUT2D eigenvalue weighted by atomic mass is 19.4. The van der Waals surface area contributed by atoms with Crippen molar-refractivity contribution in [3.8, 4) is 0 Å². The van der Waals surface area contributed by atoms with Crippen LogP contribution in [0.2, 0.25) is 0 Å². The Morgan fingerprint density at radius 1 is 1.32 bits per heavy atom. The van der Waals surface area contributed by atoms with Crippen LogP contribution in [0.4, 0.5) is 23.2 Å². The Morgan fingerprint density at radius 3 is 2.42 bits per heavy atom. The van der Waals surface area contributed by atoms with Gasteiger partial charge in [-0.25, -0.2) is 4.39 Å². The van der Waals surface area contributed by atoms with Crippen LogP contribution in [-0.2, 0) is 6.18 Å². The summed E-state index contributed by atoms with van der Waals surface area (Å²) < 4.78 is 50.9. The summed E-state index contributed by atoms with van der Waals surface area (Å²) in [5.41, 5.74) is -1.74. The smallest absolute Gasteiger partial charge is 0.386 e. The van der Waals surface area contributed by atoms with E-state index >= 15 is 0 Å². The predicted octanol–water partition coefficient (Wildman–Crippen LogP) is 3.20. The van der Waals surface area contributed by atoms with E-state index in [2.05, 4.69) is 0 Å². The van der Waals surface area contributed by atoms with Crippen molar-refractivity contribution in [1.29, 1.82) is 0 Å². The molecule has 0 unspecified atom stereocenters. The molecule has 2 nitrogen and oxygen atoms in total. The lowest BCUT2D eigenvalue weighted by Crippen LogP contribution is -2.62. The molecular formula is C13H15F4NO. The number of anilines is 1. The molecule has 1 heterocycles. The average Bonchev–Trinajstić information content (AvgIpc) is 2.25. The fraction of sp³-hybridized carbons (Fsp3) is 0.538. The van der Waals surface area contributed by atoms with Gasteiger partial charge in [0, 0.05) is 13.1 Å². The first kappa shape index (κ1) is 14.1. The fourth-order valence-corrected chi connectivity index (χ4v) is 2.40. The molecule has 0 atom stereocenters. The van der Waals surface area contributed by atoms with Crippen molar-refractivity contribution in [3.63, 3.8) is 0 Å². The lowest BCUT2D eigenvalue weighted by Gasteiger charge is -2.48. The van der Waals surface area contributed by atoms with Crippen LogP contribution in [0.5, 0.6) is 0 Å². The van der Waals surface area contributed by atoms with Crippen molar-refractivity contribution in [3.05, 3.63) is 29.6 Å². The molecule has 1 fully saturated rings. The summed E-state index contributed by atoms with van der Waals surface area (Å²) in [6.07, 6.45) is -3.14. The van der Waals surface area contributed by atoms with E-state index in [1.54, 1.807) is 4.90 Å².